The summed E-state index contributed by atoms with van der Waals surface area (Å²) in [6.45, 7) is 0. The summed E-state index contributed by atoms with van der Waals surface area (Å²) in [4.78, 5) is 60.4. The van der Waals surface area contributed by atoms with Crippen molar-refractivity contribution in [2.75, 3.05) is 0 Å². The highest BCUT2D eigenvalue weighted by atomic mass is 35.5. The van der Waals surface area contributed by atoms with Crippen LogP contribution in [0.25, 0.3) is 0 Å². The molecule has 2 atom stereocenters. The summed E-state index contributed by atoms with van der Waals surface area (Å²) in [5, 5.41) is 14.8. The predicted molar refractivity (Wildman–Crippen MR) is 85.9 cm³/mol. The first-order chi connectivity index (χ1) is 11.1. The Labute approximate surface area is 150 Å². The average molecular weight is 437 g/mol. The van der Waals surface area contributed by atoms with E-state index in [9.17, 15) is 33.6 Å². The molecule has 0 fully saturated rings. The van der Waals surface area contributed by atoms with E-state index in [1.54, 1.807) is 0 Å². The second-order valence-electron chi connectivity index (χ2n) is 4.99. The molecule has 1 rings (SSSR count). The normalized spacial score (nSPS) is 16.1. The second-order valence-corrected chi connectivity index (χ2v) is 9.45. The minimum absolute atomic E-state index is 0.0832. The highest BCUT2D eigenvalue weighted by Crippen LogP contribution is 2.62. The van der Waals surface area contributed by atoms with Crippen molar-refractivity contribution in [1.29, 1.82) is 0 Å². The highest BCUT2D eigenvalue weighted by molar-refractivity contribution is 7.55. The molecule has 0 aliphatic carbocycles. The lowest BCUT2D eigenvalue weighted by Crippen LogP contribution is -2.41. The molecule has 0 aliphatic heterocycles. The Bertz CT molecular complexity index is 800. The lowest BCUT2D eigenvalue weighted by Gasteiger charge is -2.33. The van der Waals surface area contributed by atoms with Gasteiger partial charge in [-0.1, -0.05) is 29.3 Å². The van der Waals surface area contributed by atoms with Gasteiger partial charge in [0.2, 0.25) is 0 Å². The first-order valence-electron chi connectivity index (χ1n) is 6.17. The highest BCUT2D eigenvalue weighted by Gasteiger charge is 2.59. The molecule has 0 aromatic heterocycles. The smallest absolute Gasteiger partial charge is 0.347 e. The predicted octanol–water partition coefficient (Wildman–Crippen LogP) is 1.47. The van der Waals surface area contributed by atoms with Crippen molar-refractivity contribution in [3.63, 3.8) is 0 Å². The molecule has 25 heavy (non-hydrogen) atoms. The Balaban J connectivity index is 3.77. The molecule has 0 amide bonds. The van der Waals surface area contributed by atoms with Gasteiger partial charge in [-0.3, -0.25) is 18.7 Å². The Morgan fingerprint density at radius 2 is 1.56 bits per heavy atom. The van der Waals surface area contributed by atoms with Gasteiger partial charge in [0, 0.05) is 6.42 Å². The fraction of sp³-hybridized carbons (Fsp3) is 0.273. The summed E-state index contributed by atoms with van der Waals surface area (Å²) in [7, 11) is -11.1. The number of hydrogen-bond acceptors (Lipinski definition) is 4. The number of rotatable bonds is 7. The molecule has 0 saturated heterocycles. The van der Waals surface area contributed by atoms with Gasteiger partial charge < -0.3 is 29.8 Å². The molecule has 14 heteroatoms. The number of benzene rings is 1. The van der Waals surface area contributed by atoms with Gasteiger partial charge >= 0.3 is 27.1 Å². The zero-order valence-corrected chi connectivity index (χ0v) is 15.3. The SMILES string of the molecule is O=C(O)C(CC(C(=O)O)(c1ccc(Cl)c(Cl)c1)P(=O)(O)O)P(=O)(O)O. The third-order valence-corrected chi connectivity index (χ3v) is 7.01. The quantitative estimate of drug-likeness (QED) is 0.341. The van der Waals surface area contributed by atoms with Crippen LogP contribution >= 0.6 is 38.4 Å². The van der Waals surface area contributed by atoms with Gasteiger partial charge in [0.25, 0.3) is 0 Å². The Morgan fingerprint density at radius 3 is 1.88 bits per heavy atom. The number of carbonyl (C=O) groups is 2. The number of halogens is 2. The van der Waals surface area contributed by atoms with Crippen LogP contribution in [0.4, 0.5) is 0 Å². The van der Waals surface area contributed by atoms with Crippen LogP contribution < -0.4 is 0 Å². The van der Waals surface area contributed by atoms with Gasteiger partial charge in [-0.05, 0) is 17.7 Å². The molecule has 0 radical (unpaired) electrons. The van der Waals surface area contributed by atoms with Crippen molar-refractivity contribution < 1.29 is 48.5 Å². The molecule has 0 aliphatic rings. The van der Waals surface area contributed by atoms with Gasteiger partial charge in [0.15, 0.2) is 10.8 Å². The van der Waals surface area contributed by atoms with Crippen molar-refractivity contribution in [2.45, 2.75) is 17.2 Å². The summed E-state index contributed by atoms with van der Waals surface area (Å²) in [5.74, 6) is -4.30. The van der Waals surface area contributed by atoms with E-state index >= 15 is 0 Å². The van der Waals surface area contributed by atoms with Crippen LogP contribution in [0.5, 0.6) is 0 Å². The Morgan fingerprint density at radius 1 is 1.04 bits per heavy atom. The van der Waals surface area contributed by atoms with Crippen LogP contribution in [0.1, 0.15) is 12.0 Å². The molecule has 6 N–H and O–H groups in total. The van der Waals surface area contributed by atoms with Gasteiger partial charge in [-0.25, -0.2) is 0 Å². The van der Waals surface area contributed by atoms with Crippen LogP contribution in [-0.4, -0.2) is 47.4 Å². The van der Waals surface area contributed by atoms with E-state index in [0.29, 0.717) is 0 Å². The van der Waals surface area contributed by atoms with Gasteiger partial charge in [-0.2, -0.15) is 0 Å². The Hall–Kier alpha value is -0.960. The van der Waals surface area contributed by atoms with Crippen LogP contribution in [0, 0.1) is 0 Å². The zero-order chi connectivity index (χ0) is 19.8. The lowest BCUT2D eigenvalue weighted by molar-refractivity contribution is -0.142. The van der Waals surface area contributed by atoms with E-state index in [2.05, 4.69) is 0 Å². The largest absolute Gasteiger partial charge is 0.481 e. The number of aliphatic carboxylic acids is 2. The van der Waals surface area contributed by atoms with Crippen molar-refractivity contribution in [3.8, 4) is 0 Å². The van der Waals surface area contributed by atoms with E-state index in [1.165, 1.54) is 0 Å². The van der Waals surface area contributed by atoms with E-state index < -0.39 is 49.9 Å². The van der Waals surface area contributed by atoms with Crippen molar-refractivity contribution >= 4 is 50.3 Å². The van der Waals surface area contributed by atoms with Gasteiger partial charge in [0.1, 0.15) is 0 Å². The molecule has 1 aromatic rings. The molecule has 1 aromatic carbocycles. The fourth-order valence-electron chi connectivity index (χ4n) is 2.12. The maximum absolute atomic E-state index is 12.0. The molecule has 10 nitrogen and oxygen atoms in total. The minimum Gasteiger partial charge on any atom is -0.481 e. The first kappa shape index (κ1) is 22.1. The lowest BCUT2D eigenvalue weighted by atomic mass is 9.92. The topological polar surface area (TPSA) is 190 Å². The monoisotopic (exact) mass is 436 g/mol. The zero-order valence-electron chi connectivity index (χ0n) is 12.0. The van der Waals surface area contributed by atoms with Crippen molar-refractivity contribution in [3.05, 3.63) is 33.8 Å². The number of carboxylic acid groups (broad SMARTS) is 2. The molecule has 0 bridgehead atoms. The summed E-state index contributed by atoms with van der Waals surface area (Å²) < 4.78 is 23.3. The average Bonchev–Trinajstić information content (AvgIpc) is 2.39. The number of carboxylic acids is 2. The van der Waals surface area contributed by atoms with Gasteiger partial charge in [0.05, 0.1) is 10.0 Å². The van der Waals surface area contributed by atoms with Crippen LogP contribution in [-0.2, 0) is 23.9 Å². The van der Waals surface area contributed by atoms with Crippen LogP contribution in [0.15, 0.2) is 18.2 Å². The van der Waals surface area contributed by atoms with Crippen LogP contribution in [0.2, 0.25) is 10.0 Å². The first-order valence-corrected chi connectivity index (χ1v) is 10.2. The third kappa shape index (κ3) is 4.42. The van der Waals surface area contributed by atoms with Gasteiger partial charge in [-0.15, -0.1) is 0 Å². The van der Waals surface area contributed by atoms with E-state index in [0.717, 1.165) is 18.2 Å². The number of hydrogen-bond donors (Lipinski definition) is 6. The molecule has 0 saturated carbocycles. The summed E-state index contributed by atoms with van der Waals surface area (Å²) in [6.07, 6.45) is -1.58. The third-order valence-electron chi connectivity index (χ3n) is 3.43. The standard InChI is InChI=1S/C11H12Cl2O10P2/c12-6-2-1-5(3-7(6)13)11(10(16)17,25(21,22)23)4-8(9(14)15)24(18,19)20/h1-3,8H,4H2,(H,14,15)(H,16,17)(H2,18,19,20)(H2,21,22,23). The molecule has 140 valence electrons. The van der Waals surface area contributed by atoms with Crippen molar-refractivity contribution in [2.24, 2.45) is 0 Å². The molecular weight excluding hydrogens is 425 g/mol. The summed E-state index contributed by atoms with van der Waals surface area (Å²) in [6, 6.07) is 2.68. The molecule has 0 spiro atoms. The molecule has 0 heterocycles. The maximum Gasteiger partial charge on any atom is 0.347 e. The van der Waals surface area contributed by atoms with E-state index in [-0.39, 0.29) is 10.0 Å². The summed E-state index contributed by atoms with van der Waals surface area (Å²) in [5.41, 5.74) is -3.33. The maximum atomic E-state index is 12.0. The minimum atomic E-state index is -5.69. The van der Waals surface area contributed by atoms with E-state index in [4.69, 9.17) is 38.1 Å². The van der Waals surface area contributed by atoms with Crippen molar-refractivity contribution in [1.82, 2.24) is 0 Å². The van der Waals surface area contributed by atoms with E-state index in [1.807, 2.05) is 0 Å². The van der Waals surface area contributed by atoms with Crippen LogP contribution in [0.3, 0.4) is 0 Å². The second kappa shape index (κ2) is 7.34. The fourth-order valence-corrected chi connectivity index (χ4v) is 4.51. The summed E-state index contributed by atoms with van der Waals surface area (Å²) >= 11 is 11.4. The molecule has 2 unspecified atom stereocenters. The molecular formula is C11H12Cl2O10P2. The Kier molecular flexibility index (Phi) is 6.49.